The molecule has 29 heavy (non-hydrogen) atoms. The Labute approximate surface area is 179 Å². The number of carbonyl (C=O) groups is 2. The third-order valence-corrected chi connectivity index (χ3v) is 6.63. The van der Waals surface area contributed by atoms with Crippen LogP contribution in [0.1, 0.15) is 44.1 Å². The summed E-state index contributed by atoms with van der Waals surface area (Å²) in [6, 6.07) is 6.39. The molecule has 1 atom stereocenters. The first-order chi connectivity index (χ1) is 14.0. The third-order valence-electron chi connectivity index (χ3n) is 5.25. The van der Waals surface area contributed by atoms with Crippen molar-refractivity contribution in [1.82, 2.24) is 9.80 Å². The Morgan fingerprint density at radius 2 is 2.14 bits per heavy atom. The number of nitrogens with zero attached hydrogens (tertiary/aromatic N) is 2. The Kier molecular flexibility index (Phi) is 7.80. The van der Waals surface area contributed by atoms with Gasteiger partial charge in [0.25, 0.3) is 5.91 Å². The molecule has 1 N–H and O–H groups in total. The summed E-state index contributed by atoms with van der Waals surface area (Å²) in [6.45, 7) is 1.18. The van der Waals surface area contributed by atoms with Gasteiger partial charge < -0.3 is 10.0 Å². The van der Waals surface area contributed by atoms with Crippen molar-refractivity contribution in [2.45, 2.75) is 44.6 Å². The van der Waals surface area contributed by atoms with Crippen molar-refractivity contribution < 1.29 is 19.1 Å². The standard InChI is InChI=1S/C21H25FN2O3S2/c22-17-8-2-1-6-15(17)14-18-20(27)24(21(28)29-18)12-5-9-19(26)23-11-4-3-7-16(23)10-13-25/h1-2,6,8,14,16,25H,3-5,7,9-13H2. The van der Waals surface area contributed by atoms with Crippen molar-refractivity contribution in [3.8, 4) is 0 Å². The molecule has 2 heterocycles. The van der Waals surface area contributed by atoms with Gasteiger partial charge in [0.2, 0.25) is 5.91 Å². The average molecular weight is 437 g/mol. The molecule has 0 bridgehead atoms. The zero-order chi connectivity index (χ0) is 20.8. The van der Waals surface area contributed by atoms with Crippen molar-refractivity contribution in [1.29, 1.82) is 0 Å². The number of halogens is 1. The van der Waals surface area contributed by atoms with Gasteiger partial charge in [0.05, 0.1) is 4.91 Å². The van der Waals surface area contributed by atoms with Gasteiger partial charge in [0, 0.05) is 37.7 Å². The minimum Gasteiger partial charge on any atom is -0.396 e. The SMILES string of the molecule is O=C1C(=Cc2ccccc2F)SC(=S)N1CCCC(=O)N1CCCCC1CCO. The van der Waals surface area contributed by atoms with Crippen LogP contribution in [0.4, 0.5) is 4.39 Å². The number of rotatable bonds is 7. The number of hydrogen-bond donors (Lipinski definition) is 1. The number of amides is 2. The van der Waals surface area contributed by atoms with E-state index in [0.717, 1.165) is 37.6 Å². The predicted octanol–water partition coefficient (Wildman–Crippen LogP) is 3.57. The topological polar surface area (TPSA) is 60.9 Å². The molecule has 0 aromatic heterocycles. The quantitative estimate of drug-likeness (QED) is 0.523. The molecule has 2 aliphatic rings. The zero-order valence-corrected chi connectivity index (χ0v) is 17.8. The van der Waals surface area contributed by atoms with E-state index in [-0.39, 0.29) is 30.3 Å². The molecule has 3 rings (SSSR count). The second-order valence-corrected chi connectivity index (χ2v) is 8.88. The van der Waals surface area contributed by atoms with Crippen molar-refractivity contribution >= 4 is 46.2 Å². The van der Waals surface area contributed by atoms with Gasteiger partial charge in [-0.05, 0) is 44.2 Å². The molecular formula is C21H25FN2O3S2. The van der Waals surface area contributed by atoms with Crippen LogP contribution in [0.15, 0.2) is 29.2 Å². The van der Waals surface area contributed by atoms with Crippen molar-refractivity contribution in [3.63, 3.8) is 0 Å². The van der Waals surface area contributed by atoms with Gasteiger partial charge in [-0.15, -0.1) is 0 Å². The summed E-state index contributed by atoms with van der Waals surface area (Å²) in [5, 5.41) is 9.22. The minimum absolute atomic E-state index is 0.0653. The van der Waals surface area contributed by atoms with Crippen LogP contribution in [0.3, 0.4) is 0 Å². The summed E-state index contributed by atoms with van der Waals surface area (Å²) < 4.78 is 14.3. The first-order valence-corrected chi connectivity index (χ1v) is 11.1. The molecule has 8 heteroatoms. The van der Waals surface area contributed by atoms with E-state index in [2.05, 4.69) is 0 Å². The molecule has 1 aromatic carbocycles. The number of carbonyl (C=O) groups excluding carboxylic acids is 2. The van der Waals surface area contributed by atoms with E-state index in [4.69, 9.17) is 12.2 Å². The highest BCUT2D eigenvalue weighted by molar-refractivity contribution is 8.26. The molecule has 0 spiro atoms. The number of aliphatic hydroxyl groups excluding tert-OH is 1. The van der Waals surface area contributed by atoms with Crippen LogP contribution in [0, 0.1) is 5.82 Å². The van der Waals surface area contributed by atoms with E-state index in [1.807, 2.05) is 4.90 Å². The number of hydrogen-bond acceptors (Lipinski definition) is 5. The lowest BCUT2D eigenvalue weighted by atomic mass is 9.99. The Morgan fingerprint density at radius 1 is 1.34 bits per heavy atom. The number of benzene rings is 1. The van der Waals surface area contributed by atoms with Gasteiger partial charge in [-0.2, -0.15) is 0 Å². The smallest absolute Gasteiger partial charge is 0.266 e. The van der Waals surface area contributed by atoms with E-state index >= 15 is 0 Å². The van der Waals surface area contributed by atoms with Crippen LogP contribution in [0.2, 0.25) is 0 Å². The molecule has 2 amide bonds. The summed E-state index contributed by atoms with van der Waals surface area (Å²) in [6.07, 6.45) is 5.99. The fourth-order valence-corrected chi connectivity index (χ4v) is 5.04. The molecule has 156 valence electrons. The maximum Gasteiger partial charge on any atom is 0.266 e. The Hall–Kier alpha value is -1.77. The number of thiocarbonyl (C=S) groups is 1. The summed E-state index contributed by atoms with van der Waals surface area (Å²) in [5.74, 6) is -0.565. The van der Waals surface area contributed by atoms with Crippen LogP contribution in [-0.4, -0.2) is 56.8 Å². The normalized spacial score (nSPS) is 21.3. The van der Waals surface area contributed by atoms with E-state index in [1.165, 1.54) is 17.0 Å². The molecule has 0 saturated carbocycles. The fraction of sp³-hybridized carbons (Fsp3) is 0.476. The maximum absolute atomic E-state index is 13.8. The highest BCUT2D eigenvalue weighted by Gasteiger charge is 2.32. The van der Waals surface area contributed by atoms with Crippen LogP contribution >= 0.6 is 24.0 Å². The zero-order valence-electron chi connectivity index (χ0n) is 16.2. The van der Waals surface area contributed by atoms with Gasteiger partial charge in [0.1, 0.15) is 10.1 Å². The number of thioether (sulfide) groups is 1. The van der Waals surface area contributed by atoms with E-state index in [0.29, 0.717) is 40.6 Å². The van der Waals surface area contributed by atoms with Gasteiger partial charge in [-0.1, -0.05) is 42.2 Å². The highest BCUT2D eigenvalue weighted by atomic mass is 32.2. The van der Waals surface area contributed by atoms with Crippen LogP contribution in [-0.2, 0) is 9.59 Å². The summed E-state index contributed by atoms with van der Waals surface area (Å²) in [7, 11) is 0. The largest absolute Gasteiger partial charge is 0.396 e. The molecule has 2 saturated heterocycles. The molecule has 1 unspecified atom stereocenters. The lowest BCUT2D eigenvalue weighted by Crippen LogP contribution is -2.44. The summed E-state index contributed by atoms with van der Waals surface area (Å²) in [5.41, 5.74) is 0.350. The molecule has 5 nitrogen and oxygen atoms in total. The summed E-state index contributed by atoms with van der Waals surface area (Å²) >= 11 is 6.47. The third kappa shape index (κ3) is 5.43. The fourth-order valence-electron chi connectivity index (χ4n) is 3.74. The van der Waals surface area contributed by atoms with Crippen molar-refractivity contribution in [3.05, 3.63) is 40.6 Å². The Morgan fingerprint density at radius 3 is 2.90 bits per heavy atom. The lowest BCUT2D eigenvalue weighted by Gasteiger charge is -2.35. The van der Waals surface area contributed by atoms with E-state index < -0.39 is 0 Å². The molecular weight excluding hydrogens is 411 g/mol. The second-order valence-electron chi connectivity index (χ2n) is 7.21. The first-order valence-electron chi connectivity index (χ1n) is 9.91. The van der Waals surface area contributed by atoms with Gasteiger partial charge in [-0.3, -0.25) is 14.5 Å². The first kappa shape index (κ1) is 21.9. The van der Waals surface area contributed by atoms with E-state index in [9.17, 15) is 19.1 Å². The van der Waals surface area contributed by atoms with Gasteiger partial charge in [-0.25, -0.2) is 4.39 Å². The monoisotopic (exact) mass is 436 g/mol. The minimum atomic E-state index is -0.387. The maximum atomic E-state index is 13.8. The van der Waals surface area contributed by atoms with Crippen LogP contribution < -0.4 is 0 Å². The van der Waals surface area contributed by atoms with E-state index in [1.54, 1.807) is 18.2 Å². The number of piperidine rings is 1. The van der Waals surface area contributed by atoms with Crippen LogP contribution in [0.5, 0.6) is 0 Å². The number of likely N-dealkylation sites (tertiary alicyclic amines) is 1. The molecule has 2 aliphatic heterocycles. The molecule has 0 radical (unpaired) electrons. The summed E-state index contributed by atoms with van der Waals surface area (Å²) in [4.78, 5) is 29.0. The average Bonchev–Trinajstić information content (AvgIpc) is 2.97. The highest BCUT2D eigenvalue weighted by Crippen LogP contribution is 2.33. The van der Waals surface area contributed by atoms with Crippen LogP contribution in [0.25, 0.3) is 6.08 Å². The van der Waals surface area contributed by atoms with Crippen molar-refractivity contribution in [2.24, 2.45) is 0 Å². The molecule has 0 aliphatic carbocycles. The lowest BCUT2D eigenvalue weighted by molar-refractivity contribution is -0.135. The predicted molar refractivity (Wildman–Crippen MR) is 117 cm³/mol. The van der Waals surface area contributed by atoms with Crippen molar-refractivity contribution in [2.75, 3.05) is 19.7 Å². The number of aliphatic hydroxyl groups is 1. The molecule has 2 fully saturated rings. The molecule has 1 aromatic rings. The Balaban J connectivity index is 1.55. The van der Waals surface area contributed by atoms with Gasteiger partial charge >= 0.3 is 0 Å². The second kappa shape index (κ2) is 10.3. The van der Waals surface area contributed by atoms with Gasteiger partial charge in [0.15, 0.2) is 0 Å². The Bertz CT molecular complexity index is 813.